The number of rotatable bonds is 3. The van der Waals surface area contributed by atoms with E-state index in [1.54, 1.807) is 19.1 Å². The first-order valence-electron chi connectivity index (χ1n) is 5.96. The van der Waals surface area contributed by atoms with Crippen LogP contribution in [0.2, 0.25) is 5.02 Å². The zero-order valence-corrected chi connectivity index (χ0v) is 11.5. The highest BCUT2D eigenvalue weighted by Crippen LogP contribution is 2.16. The van der Waals surface area contributed by atoms with Gasteiger partial charge in [0, 0.05) is 6.54 Å². The molecule has 2 aromatic carbocycles. The Labute approximate surface area is 120 Å². The maximum Gasteiger partial charge on any atom is 0.254 e. The molecule has 0 saturated carbocycles. The van der Waals surface area contributed by atoms with E-state index in [1.165, 1.54) is 24.3 Å². The second kappa shape index (κ2) is 6.01. The molecule has 0 bridgehead atoms. The van der Waals surface area contributed by atoms with Gasteiger partial charge in [-0.15, -0.1) is 0 Å². The molecule has 20 heavy (non-hydrogen) atoms. The summed E-state index contributed by atoms with van der Waals surface area (Å²) in [7, 11) is 0. The Morgan fingerprint density at radius 1 is 1.25 bits per heavy atom. The quantitative estimate of drug-likeness (QED) is 0.915. The number of halogens is 3. The second-order valence-corrected chi connectivity index (χ2v) is 4.77. The summed E-state index contributed by atoms with van der Waals surface area (Å²) in [5, 5.41) is 2.55. The summed E-state index contributed by atoms with van der Waals surface area (Å²) in [5.74, 6) is -1.58. The number of amides is 1. The summed E-state index contributed by atoms with van der Waals surface area (Å²) in [6.07, 6.45) is 0. The van der Waals surface area contributed by atoms with Gasteiger partial charge in [0.2, 0.25) is 0 Å². The molecule has 2 aromatic rings. The van der Waals surface area contributed by atoms with Gasteiger partial charge in [-0.25, -0.2) is 8.78 Å². The van der Waals surface area contributed by atoms with Crippen LogP contribution in [-0.2, 0) is 6.54 Å². The highest BCUT2D eigenvalue weighted by Gasteiger charge is 2.12. The number of hydrogen-bond acceptors (Lipinski definition) is 1. The average Bonchev–Trinajstić information content (AvgIpc) is 2.43. The molecule has 0 heterocycles. The molecule has 1 N–H and O–H groups in total. The molecule has 104 valence electrons. The van der Waals surface area contributed by atoms with Crippen LogP contribution in [0.25, 0.3) is 0 Å². The molecule has 5 heteroatoms. The first kappa shape index (κ1) is 14.5. The Morgan fingerprint density at radius 3 is 2.70 bits per heavy atom. The summed E-state index contributed by atoms with van der Waals surface area (Å²) >= 11 is 5.64. The highest BCUT2D eigenvalue weighted by atomic mass is 35.5. The molecular weight excluding hydrogens is 284 g/mol. The second-order valence-electron chi connectivity index (χ2n) is 4.37. The molecule has 0 radical (unpaired) electrons. The van der Waals surface area contributed by atoms with E-state index in [2.05, 4.69) is 5.32 Å². The molecule has 0 atom stereocenters. The number of carbonyl (C=O) groups is 1. The summed E-state index contributed by atoms with van der Waals surface area (Å²) in [6, 6.07) is 8.76. The Bertz CT molecular complexity index is 658. The number of carbonyl (C=O) groups excluding carboxylic acids is 1. The molecular formula is C15H12ClF2NO. The minimum atomic E-state index is -0.540. The fraction of sp³-hybridized carbons (Fsp3) is 0.133. The average molecular weight is 296 g/mol. The topological polar surface area (TPSA) is 29.1 Å². The van der Waals surface area contributed by atoms with Crippen LogP contribution in [0.1, 0.15) is 21.5 Å². The smallest absolute Gasteiger partial charge is 0.254 e. The molecule has 0 fully saturated rings. The van der Waals surface area contributed by atoms with Gasteiger partial charge in [-0.3, -0.25) is 4.79 Å². The van der Waals surface area contributed by atoms with E-state index in [0.29, 0.717) is 11.1 Å². The summed E-state index contributed by atoms with van der Waals surface area (Å²) in [5.41, 5.74) is 1.03. The lowest BCUT2D eigenvalue weighted by molar-refractivity contribution is 0.0946. The van der Waals surface area contributed by atoms with Crippen LogP contribution in [0.5, 0.6) is 0 Å². The van der Waals surface area contributed by atoms with E-state index in [4.69, 9.17) is 11.6 Å². The van der Waals surface area contributed by atoms with Crippen LogP contribution in [0.4, 0.5) is 8.78 Å². The fourth-order valence-corrected chi connectivity index (χ4v) is 1.95. The molecule has 0 saturated heterocycles. The zero-order chi connectivity index (χ0) is 14.7. The van der Waals surface area contributed by atoms with Crippen LogP contribution >= 0.6 is 11.6 Å². The SMILES string of the molecule is Cc1cccc(C(=O)NCc2ccc(F)c(Cl)c2)c1F. The third-order valence-electron chi connectivity index (χ3n) is 2.87. The largest absolute Gasteiger partial charge is 0.348 e. The molecule has 0 aliphatic heterocycles. The molecule has 0 aromatic heterocycles. The first-order chi connectivity index (χ1) is 9.49. The molecule has 0 aliphatic rings. The Balaban J connectivity index is 2.08. The fourth-order valence-electron chi connectivity index (χ4n) is 1.75. The van der Waals surface area contributed by atoms with E-state index < -0.39 is 17.5 Å². The van der Waals surface area contributed by atoms with Gasteiger partial charge in [0.1, 0.15) is 11.6 Å². The van der Waals surface area contributed by atoms with Gasteiger partial charge < -0.3 is 5.32 Å². The third-order valence-corrected chi connectivity index (χ3v) is 3.16. The minimum Gasteiger partial charge on any atom is -0.348 e. The van der Waals surface area contributed by atoms with Crippen molar-refractivity contribution in [3.8, 4) is 0 Å². The molecule has 2 nitrogen and oxygen atoms in total. The van der Waals surface area contributed by atoms with Gasteiger partial charge in [-0.1, -0.05) is 29.8 Å². The predicted octanol–water partition coefficient (Wildman–Crippen LogP) is 3.86. The van der Waals surface area contributed by atoms with E-state index in [0.717, 1.165) is 0 Å². The van der Waals surface area contributed by atoms with E-state index >= 15 is 0 Å². The molecule has 2 rings (SSSR count). The number of benzene rings is 2. The third kappa shape index (κ3) is 3.14. The van der Waals surface area contributed by atoms with Crippen molar-refractivity contribution in [3.05, 3.63) is 69.7 Å². The van der Waals surface area contributed by atoms with Gasteiger partial charge in [0.15, 0.2) is 0 Å². The lowest BCUT2D eigenvalue weighted by atomic mass is 10.1. The lowest BCUT2D eigenvalue weighted by Crippen LogP contribution is -2.24. The molecule has 1 amide bonds. The van der Waals surface area contributed by atoms with Crippen LogP contribution in [-0.4, -0.2) is 5.91 Å². The monoisotopic (exact) mass is 295 g/mol. The molecule has 0 aliphatic carbocycles. The maximum absolute atomic E-state index is 13.8. The van der Waals surface area contributed by atoms with E-state index in [1.807, 2.05) is 0 Å². The van der Waals surface area contributed by atoms with E-state index in [9.17, 15) is 13.6 Å². The van der Waals surface area contributed by atoms with Crippen LogP contribution in [0, 0.1) is 18.6 Å². The summed E-state index contributed by atoms with van der Waals surface area (Å²) in [6.45, 7) is 1.73. The van der Waals surface area contributed by atoms with Crippen LogP contribution in [0.15, 0.2) is 36.4 Å². The summed E-state index contributed by atoms with van der Waals surface area (Å²) in [4.78, 5) is 11.9. The summed E-state index contributed by atoms with van der Waals surface area (Å²) < 4.78 is 26.8. The minimum absolute atomic E-state index is 0.0153. The van der Waals surface area contributed by atoms with Crippen LogP contribution < -0.4 is 5.32 Å². The normalized spacial score (nSPS) is 10.4. The Hall–Kier alpha value is -1.94. The lowest BCUT2D eigenvalue weighted by Gasteiger charge is -2.08. The first-order valence-corrected chi connectivity index (χ1v) is 6.34. The standard InChI is InChI=1S/C15H12ClF2NO/c1-9-3-2-4-11(14(9)18)15(20)19-8-10-5-6-13(17)12(16)7-10/h2-7H,8H2,1H3,(H,19,20). The van der Waals surface area contributed by atoms with Crippen molar-refractivity contribution >= 4 is 17.5 Å². The predicted molar refractivity (Wildman–Crippen MR) is 73.7 cm³/mol. The van der Waals surface area contributed by atoms with Crippen molar-refractivity contribution in [1.82, 2.24) is 5.32 Å². The van der Waals surface area contributed by atoms with Crippen molar-refractivity contribution in [3.63, 3.8) is 0 Å². The van der Waals surface area contributed by atoms with Crippen molar-refractivity contribution in [2.24, 2.45) is 0 Å². The van der Waals surface area contributed by atoms with Crippen molar-refractivity contribution in [2.45, 2.75) is 13.5 Å². The van der Waals surface area contributed by atoms with Crippen molar-refractivity contribution in [1.29, 1.82) is 0 Å². The Morgan fingerprint density at radius 2 is 2.00 bits per heavy atom. The zero-order valence-electron chi connectivity index (χ0n) is 10.7. The van der Waals surface area contributed by atoms with Gasteiger partial charge in [0.05, 0.1) is 10.6 Å². The van der Waals surface area contributed by atoms with Crippen LogP contribution in [0.3, 0.4) is 0 Å². The number of hydrogen-bond donors (Lipinski definition) is 1. The maximum atomic E-state index is 13.8. The van der Waals surface area contributed by atoms with Crippen molar-refractivity contribution in [2.75, 3.05) is 0 Å². The molecule has 0 spiro atoms. The van der Waals surface area contributed by atoms with E-state index in [-0.39, 0.29) is 17.1 Å². The van der Waals surface area contributed by atoms with Gasteiger partial charge in [-0.05, 0) is 36.2 Å². The van der Waals surface area contributed by atoms with Gasteiger partial charge in [-0.2, -0.15) is 0 Å². The van der Waals surface area contributed by atoms with Gasteiger partial charge in [0.25, 0.3) is 5.91 Å². The highest BCUT2D eigenvalue weighted by molar-refractivity contribution is 6.30. The van der Waals surface area contributed by atoms with Crippen molar-refractivity contribution < 1.29 is 13.6 Å². The Kier molecular flexibility index (Phi) is 4.35. The molecule has 0 unspecified atom stereocenters. The number of nitrogens with one attached hydrogen (secondary N) is 1. The van der Waals surface area contributed by atoms with Gasteiger partial charge >= 0.3 is 0 Å². The number of aryl methyl sites for hydroxylation is 1.